The van der Waals surface area contributed by atoms with Crippen LogP contribution < -0.4 is 20.1 Å². The minimum absolute atomic E-state index is 0.0472. The number of halogens is 1. The SMILES string of the molecule is O=C(CNCC12C[C@H]3C[C@@H](CC(Br)(C3)C1)C2)NCc1ccc2c(c1)OCO2. The summed E-state index contributed by atoms with van der Waals surface area (Å²) in [7, 11) is 0. The first-order valence-electron chi connectivity index (χ1n) is 10.1. The van der Waals surface area contributed by atoms with Crippen molar-refractivity contribution in [2.75, 3.05) is 19.9 Å². The van der Waals surface area contributed by atoms with E-state index in [-0.39, 0.29) is 12.7 Å². The number of hydrogen-bond acceptors (Lipinski definition) is 4. The van der Waals surface area contributed by atoms with Crippen LogP contribution in [0.15, 0.2) is 18.2 Å². The Labute approximate surface area is 168 Å². The molecule has 0 saturated heterocycles. The first-order valence-corrected chi connectivity index (χ1v) is 10.9. The molecule has 1 amide bonds. The molecule has 1 aromatic rings. The highest BCUT2D eigenvalue weighted by molar-refractivity contribution is 9.10. The van der Waals surface area contributed by atoms with E-state index < -0.39 is 0 Å². The van der Waals surface area contributed by atoms with Crippen LogP contribution in [-0.2, 0) is 11.3 Å². The maximum Gasteiger partial charge on any atom is 0.234 e. The molecule has 6 rings (SSSR count). The van der Waals surface area contributed by atoms with Crippen LogP contribution in [0.1, 0.15) is 44.1 Å². The lowest BCUT2D eigenvalue weighted by molar-refractivity contribution is -0.120. The third-order valence-electron chi connectivity index (χ3n) is 6.82. The van der Waals surface area contributed by atoms with E-state index in [0.717, 1.165) is 35.4 Å². The Balaban J connectivity index is 1.10. The van der Waals surface area contributed by atoms with E-state index in [9.17, 15) is 4.79 Å². The van der Waals surface area contributed by atoms with Crippen LogP contribution in [0.25, 0.3) is 0 Å². The fourth-order valence-corrected chi connectivity index (χ4v) is 7.81. The number of hydrogen-bond donors (Lipinski definition) is 2. The van der Waals surface area contributed by atoms with Gasteiger partial charge in [0, 0.05) is 17.4 Å². The van der Waals surface area contributed by atoms with E-state index in [1.807, 2.05) is 18.2 Å². The van der Waals surface area contributed by atoms with Crippen LogP contribution in [0.3, 0.4) is 0 Å². The van der Waals surface area contributed by atoms with Gasteiger partial charge in [-0.15, -0.1) is 0 Å². The summed E-state index contributed by atoms with van der Waals surface area (Å²) < 4.78 is 11.1. The van der Waals surface area contributed by atoms with E-state index in [2.05, 4.69) is 26.6 Å². The van der Waals surface area contributed by atoms with Crippen molar-refractivity contribution in [3.63, 3.8) is 0 Å². The Hall–Kier alpha value is -1.27. The van der Waals surface area contributed by atoms with Gasteiger partial charge in [-0.25, -0.2) is 0 Å². The molecule has 0 unspecified atom stereocenters. The molecule has 146 valence electrons. The Morgan fingerprint density at radius 2 is 1.93 bits per heavy atom. The molecule has 1 aromatic carbocycles. The van der Waals surface area contributed by atoms with Crippen LogP contribution in [0, 0.1) is 17.3 Å². The molecule has 4 fully saturated rings. The average Bonchev–Trinajstić information content (AvgIpc) is 3.05. The van der Waals surface area contributed by atoms with Crippen LogP contribution in [0.5, 0.6) is 11.5 Å². The normalized spacial score (nSPS) is 35.4. The molecule has 27 heavy (non-hydrogen) atoms. The topological polar surface area (TPSA) is 59.6 Å². The van der Waals surface area contributed by atoms with Crippen molar-refractivity contribution in [2.24, 2.45) is 17.3 Å². The smallest absolute Gasteiger partial charge is 0.234 e. The Morgan fingerprint density at radius 1 is 1.15 bits per heavy atom. The van der Waals surface area contributed by atoms with Crippen molar-refractivity contribution < 1.29 is 14.3 Å². The molecule has 1 aliphatic heterocycles. The van der Waals surface area contributed by atoms with Crippen molar-refractivity contribution in [3.05, 3.63) is 23.8 Å². The molecule has 4 bridgehead atoms. The van der Waals surface area contributed by atoms with Crippen molar-refractivity contribution in [1.29, 1.82) is 0 Å². The first-order chi connectivity index (χ1) is 13.0. The minimum Gasteiger partial charge on any atom is -0.454 e. The van der Waals surface area contributed by atoms with E-state index >= 15 is 0 Å². The van der Waals surface area contributed by atoms with E-state index in [1.165, 1.54) is 38.5 Å². The van der Waals surface area contributed by atoms with Crippen LogP contribution in [0.2, 0.25) is 0 Å². The lowest BCUT2D eigenvalue weighted by Crippen LogP contribution is -2.56. The molecule has 2 atom stereocenters. The molecular weight excluding hydrogens is 408 g/mol. The zero-order chi connectivity index (χ0) is 18.5. The number of nitrogens with one attached hydrogen (secondary N) is 2. The van der Waals surface area contributed by atoms with Crippen molar-refractivity contribution in [1.82, 2.24) is 10.6 Å². The van der Waals surface area contributed by atoms with Gasteiger partial charge in [0.1, 0.15) is 0 Å². The number of ether oxygens (including phenoxy) is 2. The Kier molecular flexibility index (Phi) is 4.39. The van der Waals surface area contributed by atoms with Crippen LogP contribution in [0.4, 0.5) is 0 Å². The van der Waals surface area contributed by atoms with Gasteiger partial charge in [-0.2, -0.15) is 0 Å². The monoisotopic (exact) mass is 434 g/mol. The largest absolute Gasteiger partial charge is 0.454 e. The van der Waals surface area contributed by atoms with E-state index in [0.29, 0.717) is 22.8 Å². The molecule has 2 N–H and O–H groups in total. The lowest BCUT2D eigenvalue weighted by Gasteiger charge is -2.60. The number of fused-ring (bicyclic) bond motifs is 1. The van der Waals surface area contributed by atoms with E-state index in [1.54, 1.807) is 0 Å². The van der Waals surface area contributed by atoms with Gasteiger partial charge in [0.15, 0.2) is 11.5 Å². The quantitative estimate of drug-likeness (QED) is 0.673. The second kappa shape index (κ2) is 6.66. The molecule has 5 aliphatic rings. The number of alkyl halides is 1. The maximum atomic E-state index is 12.3. The lowest BCUT2D eigenvalue weighted by atomic mass is 9.49. The summed E-state index contributed by atoms with van der Waals surface area (Å²) in [5.41, 5.74) is 1.42. The zero-order valence-electron chi connectivity index (χ0n) is 15.6. The molecule has 6 heteroatoms. The van der Waals surface area contributed by atoms with Gasteiger partial charge in [-0.1, -0.05) is 22.0 Å². The van der Waals surface area contributed by atoms with Gasteiger partial charge < -0.3 is 20.1 Å². The van der Waals surface area contributed by atoms with Gasteiger partial charge in [0.25, 0.3) is 0 Å². The predicted octanol–water partition coefficient (Wildman–Crippen LogP) is 3.36. The van der Waals surface area contributed by atoms with Crippen LogP contribution >= 0.6 is 15.9 Å². The second-order valence-electron chi connectivity index (χ2n) is 9.18. The summed E-state index contributed by atoms with van der Waals surface area (Å²) in [6, 6.07) is 5.79. The van der Waals surface area contributed by atoms with Gasteiger partial charge in [-0.05, 0) is 73.5 Å². The fourth-order valence-electron chi connectivity index (χ4n) is 6.30. The predicted molar refractivity (Wildman–Crippen MR) is 106 cm³/mol. The van der Waals surface area contributed by atoms with Gasteiger partial charge in [0.2, 0.25) is 12.7 Å². The second-order valence-corrected chi connectivity index (χ2v) is 10.9. The molecule has 0 aromatic heterocycles. The van der Waals surface area contributed by atoms with Gasteiger partial charge >= 0.3 is 0 Å². The minimum atomic E-state index is 0.0472. The van der Waals surface area contributed by atoms with Crippen molar-refractivity contribution in [3.8, 4) is 11.5 Å². The molecule has 0 radical (unpaired) electrons. The fraction of sp³-hybridized carbons (Fsp3) is 0.667. The average molecular weight is 435 g/mol. The number of carbonyl (C=O) groups excluding carboxylic acids is 1. The van der Waals surface area contributed by atoms with Crippen LogP contribution in [-0.4, -0.2) is 30.1 Å². The zero-order valence-corrected chi connectivity index (χ0v) is 17.1. The highest BCUT2D eigenvalue weighted by Gasteiger charge is 2.56. The summed E-state index contributed by atoms with van der Waals surface area (Å²) in [6.45, 7) is 2.13. The molecular formula is C21H27BrN2O3. The Bertz CT molecular complexity index is 739. The van der Waals surface area contributed by atoms with E-state index in [4.69, 9.17) is 9.47 Å². The molecule has 0 spiro atoms. The summed E-state index contributed by atoms with van der Waals surface area (Å²) in [4.78, 5) is 12.3. The van der Waals surface area contributed by atoms with Gasteiger partial charge in [-0.3, -0.25) is 4.79 Å². The Morgan fingerprint density at radius 3 is 2.70 bits per heavy atom. The molecule has 1 heterocycles. The van der Waals surface area contributed by atoms with Gasteiger partial charge in [0.05, 0.1) is 6.54 Å². The summed E-state index contributed by atoms with van der Waals surface area (Å²) in [5.74, 6) is 3.34. The molecule has 4 saturated carbocycles. The molecule has 4 aliphatic carbocycles. The highest BCUT2D eigenvalue weighted by Crippen LogP contribution is 2.64. The first kappa shape index (κ1) is 17.8. The number of benzene rings is 1. The number of rotatable bonds is 6. The third-order valence-corrected chi connectivity index (χ3v) is 7.75. The van der Waals surface area contributed by atoms with Crippen molar-refractivity contribution >= 4 is 21.8 Å². The summed E-state index contributed by atoms with van der Waals surface area (Å²) in [6.07, 6.45) is 8.05. The molecule has 5 nitrogen and oxygen atoms in total. The number of amides is 1. The highest BCUT2D eigenvalue weighted by atomic mass is 79.9. The van der Waals surface area contributed by atoms with Crippen molar-refractivity contribution in [2.45, 2.75) is 49.4 Å². The maximum absolute atomic E-state index is 12.3. The number of carbonyl (C=O) groups is 1. The summed E-state index contributed by atoms with van der Waals surface area (Å²) >= 11 is 4.06. The standard InChI is InChI=1S/C21H27BrN2O3/c22-21-7-15-3-16(8-21)6-20(5-15,11-21)12-23-10-19(25)24-9-14-1-2-17-18(4-14)27-13-26-17/h1-2,4,15-16,23H,3,5-13H2,(H,24,25)/t15-,16-,20?,21?/m1/s1. The summed E-state index contributed by atoms with van der Waals surface area (Å²) in [5, 5.41) is 6.46. The third kappa shape index (κ3) is 3.58.